The Bertz CT molecular complexity index is 366. The molecule has 0 aliphatic rings. The molecule has 0 saturated carbocycles. The fourth-order valence-electron chi connectivity index (χ4n) is 1.59. The van der Waals surface area contributed by atoms with Crippen LogP contribution in [-0.2, 0) is 6.54 Å². The summed E-state index contributed by atoms with van der Waals surface area (Å²) in [5, 5.41) is 3.40. The number of ether oxygens (including phenoxy) is 1. The predicted octanol–water partition coefficient (Wildman–Crippen LogP) is 4.29. The van der Waals surface area contributed by atoms with Crippen molar-refractivity contribution in [2.24, 2.45) is 0 Å². The van der Waals surface area contributed by atoms with Gasteiger partial charge in [-0.05, 0) is 49.6 Å². The van der Waals surface area contributed by atoms with E-state index in [1.165, 1.54) is 5.56 Å². The molecule has 0 aromatic heterocycles. The molecule has 0 aliphatic heterocycles. The first kappa shape index (κ1) is 15.3. The van der Waals surface area contributed by atoms with Gasteiger partial charge < -0.3 is 10.1 Å². The SMILES string of the molecule is C=CCCCOc1ccc(Br)c(CNCCC)c1. The predicted molar refractivity (Wildman–Crippen MR) is 81.1 cm³/mol. The highest BCUT2D eigenvalue weighted by Crippen LogP contribution is 2.22. The number of hydrogen-bond acceptors (Lipinski definition) is 2. The molecule has 0 bridgehead atoms. The summed E-state index contributed by atoms with van der Waals surface area (Å²) >= 11 is 3.57. The molecule has 0 atom stereocenters. The number of benzene rings is 1. The van der Waals surface area contributed by atoms with Crippen molar-refractivity contribution in [3.63, 3.8) is 0 Å². The first-order valence-electron chi connectivity index (χ1n) is 6.50. The third kappa shape index (κ3) is 5.69. The lowest BCUT2D eigenvalue weighted by Crippen LogP contribution is -2.14. The van der Waals surface area contributed by atoms with Gasteiger partial charge in [-0.3, -0.25) is 0 Å². The highest BCUT2D eigenvalue weighted by molar-refractivity contribution is 9.10. The molecule has 100 valence electrons. The van der Waals surface area contributed by atoms with E-state index in [0.717, 1.165) is 49.2 Å². The van der Waals surface area contributed by atoms with Crippen LogP contribution < -0.4 is 10.1 Å². The summed E-state index contributed by atoms with van der Waals surface area (Å²) in [7, 11) is 0. The van der Waals surface area contributed by atoms with Crippen LogP contribution in [0.5, 0.6) is 5.75 Å². The van der Waals surface area contributed by atoms with Crippen molar-refractivity contribution in [1.29, 1.82) is 0 Å². The molecule has 0 saturated heterocycles. The molecule has 0 heterocycles. The molecule has 2 nitrogen and oxygen atoms in total. The average Bonchev–Trinajstić information content (AvgIpc) is 2.38. The summed E-state index contributed by atoms with van der Waals surface area (Å²) in [6, 6.07) is 6.15. The summed E-state index contributed by atoms with van der Waals surface area (Å²) < 4.78 is 6.84. The third-order valence-electron chi connectivity index (χ3n) is 2.58. The fraction of sp³-hybridized carbons (Fsp3) is 0.467. The first-order valence-corrected chi connectivity index (χ1v) is 7.30. The van der Waals surface area contributed by atoms with Crippen LogP contribution in [0.1, 0.15) is 31.7 Å². The van der Waals surface area contributed by atoms with Gasteiger partial charge in [-0.1, -0.05) is 28.9 Å². The van der Waals surface area contributed by atoms with Crippen LogP contribution in [0.25, 0.3) is 0 Å². The number of nitrogens with one attached hydrogen (secondary N) is 1. The third-order valence-corrected chi connectivity index (χ3v) is 3.35. The standard InChI is InChI=1S/C15H22BrNO/c1-3-5-6-10-18-14-7-8-15(16)13(11-14)12-17-9-4-2/h3,7-8,11,17H,1,4-6,9-10,12H2,2H3. The molecule has 3 heteroatoms. The van der Waals surface area contributed by atoms with Crippen LogP contribution >= 0.6 is 15.9 Å². The minimum atomic E-state index is 0.746. The Morgan fingerprint density at radius 1 is 1.44 bits per heavy atom. The molecule has 1 aromatic carbocycles. The van der Waals surface area contributed by atoms with E-state index in [0.29, 0.717) is 0 Å². The van der Waals surface area contributed by atoms with Gasteiger partial charge in [0.1, 0.15) is 5.75 Å². The maximum absolute atomic E-state index is 5.71. The molecule has 18 heavy (non-hydrogen) atoms. The second-order valence-corrected chi connectivity index (χ2v) is 5.06. The smallest absolute Gasteiger partial charge is 0.119 e. The van der Waals surface area contributed by atoms with Gasteiger partial charge in [0.2, 0.25) is 0 Å². The van der Waals surface area contributed by atoms with Crippen LogP contribution in [0, 0.1) is 0 Å². The van der Waals surface area contributed by atoms with Crippen molar-refractivity contribution in [1.82, 2.24) is 5.32 Å². The maximum atomic E-state index is 5.71. The van der Waals surface area contributed by atoms with Gasteiger partial charge >= 0.3 is 0 Å². The highest BCUT2D eigenvalue weighted by atomic mass is 79.9. The second kappa shape index (κ2) is 9.17. The number of hydrogen-bond donors (Lipinski definition) is 1. The van der Waals surface area contributed by atoms with Gasteiger partial charge in [0.25, 0.3) is 0 Å². The molecule has 0 spiro atoms. The number of unbranched alkanes of at least 4 members (excludes halogenated alkanes) is 1. The van der Waals surface area contributed by atoms with Gasteiger partial charge in [0, 0.05) is 11.0 Å². The first-order chi connectivity index (χ1) is 8.77. The number of rotatable bonds is 9. The van der Waals surface area contributed by atoms with Crippen LogP contribution in [0.15, 0.2) is 35.3 Å². The van der Waals surface area contributed by atoms with Gasteiger partial charge in [-0.2, -0.15) is 0 Å². The molecule has 0 fully saturated rings. The van der Waals surface area contributed by atoms with Crippen molar-refractivity contribution in [2.75, 3.05) is 13.2 Å². The molecule has 0 amide bonds. The van der Waals surface area contributed by atoms with E-state index in [-0.39, 0.29) is 0 Å². The van der Waals surface area contributed by atoms with Gasteiger partial charge in [0.15, 0.2) is 0 Å². The normalized spacial score (nSPS) is 10.3. The van der Waals surface area contributed by atoms with Crippen molar-refractivity contribution < 1.29 is 4.74 Å². The van der Waals surface area contributed by atoms with Crippen molar-refractivity contribution in [3.8, 4) is 5.75 Å². The van der Waals surface area contributed by atoms with Crippen LogP contribution in [0.4, 0.5) is 0 Å². The lowest BCUT2D eigenvalue weighted by Gasteiger charge is -2.10. The Labute approximate surface area is 119 Å². The molecule has 0 aliphatic carbocycles. The van der Waals surface area contributed by atoms with Crippen molar-refractivity contribution in [2.45, 2.75) is 32.7 Å². The molecule has 1 rings (SSSR count). The monoisotopic (exact) mass is 311 g/mol. The van der Waals surface area contributed by atoms with Gasteiger partial charge in [0.05, 0.1) is 6.61 Å². The molecule has 0 unspecified atom stereocenters. The van der Waals surface area contributed by atoms with E-state index < -0.39 is 0 Å². The van der Waals surface area contributed by atoms with E-state index in [9.17, 15) is 0 Å². The minimum absolute atomic E-state index is 0.746. The Balaban J connectivity index is 2.48. The summed E-state index contributed by atoms with van der Waals surface area (Å²) in [6.07, 6.45) is 5.09. The quantitative estimate of drug-likeness (QED) is 0.542. The largest absolute Gasteiger partial charge is 0.494 e. The van der Waals surface area contributed by atoms with Crippen LogP contribution in [0.2, 0.25) is 0 Å². The van der Waals surface area contributed by atoms with Crippen molar-refractivity contribution >= 4 is 15.9 Å². The summed E-state index contributed by atoms with van der Waals surface area (Å²) in [5.41, 5.74) is 1.24. The maximum Gasteiger partial charge on any atom is 0.119 e. The molecular formula is C15H22BrNO. The van der Waals surface area contributed by atoms with Crippen molar-refractivity contribution in [3.05, 3.63) is 40.9 Å². The van der Waals surface area contributed by atoms with E-state index in [2.05, 4.69) is 40.8 Å². The van der Waals surface area contributed by atoms with E-state index in [1.54, 1.807) is 0 Å². The topological polar surface area (TPSA) is 21.3 Å². The zero-order valence-corrected chi connectivity index (χ0v) is 12.6. The van der Waals surface area contributed by atoms with Gasteiger partial charge in [-0.25, -0.2) is 0 Å². The van der Waals surface area contributed by atoms with E-state index >= 15 is 0 Å². The van der Waals surface area contributed by atoms with E-state index in [4.69, 9.17) is 4.74 Å². The summed E-state index contributed by atoms with van der Waals surface area (Å²) in [4.78, 5) is 0. The average molecular weight is 312 g/mol. The summed E-state index contributed by atoms with van der Waals surface area (Å²) in [6.45, 7) is 8.53. The Morgan fingerprint density at radius 2 is 2.28 bits per heavy atom. The zero-order valence-electron chi connectivity index (χ0n) is 11.0. The Hall–Kier alpha value is -0.800. The van der Waals surface area contributed by atoms with Gasteiger partial charge in [-0.15, -0.1) is 6.58 Å². The van der Waals surface area contributed by atoms with Crippen LogP contribution in [0.3, 0.4) is 0 Å². The second-order valence-electron chi connectivity index (χ2n) is 4.21. The molecular weight excluding hydrogens is 290 g/mol. The molecule has 1 N–H and O–H groups in total. The molecule has 1 aromatic rings. The highest BCUT2D eigenvalue weighted by Gasteiger charge is 2.02. The zero-order chi connectivity index (χ0) is 13.2. The number of halogens is 1. The number of allylic oxidation sites excluding steroid dienone is 1. The fourth-order valence-corrected chi connectivity index (χ4v) is 1.98. The van der Waals surface area contributed by atoms with E-state index in [1.807, 2.05) is 18.2 Å². The van der Waals surface area contributed by atoms with Crippen LogP contribution in [-0.4, -0.2) is 13.2 Å². The molecule has 0 radical (unpaired) electrons. The Morgan fingerprint density at radius 3 is 3.00 bits per heavy atom. The summed E-state index contributed by atoms with van der Waals surface area (Å²) in [5.74, 6) is 0.940. The lowest BCUT2D eigenvalue weighted by molar-refractivity contribution is 0.311. The Kier molecular flexibility index (Phi) is 7.78. The minimum Gasteiger partial charge on any atom is -0.494 e. The lowest BCUT2D eigenvalue weighted by atomic mass is 10.2.